The summed E-state index contributed by atoms with van der Waals surface area (Å²) < 4.78 is 6.60. The van der Waals surface area contributed by atoms with Crippen LogP contribution in [0.25, 0.3) is 17.2 Å². The molecule has 0 saturated heterocycles. The number of aromatic amines is 1. The van der Waals surface area contributed by atoms with Crippen LogP contribution in [0.3, 0.4) is 0 Å². The number of fused-ring (bicyclic) bond motifs is 1. The Morgan fingerprint density at radius 3 is 2.57 bits per heavy atom. The van der Waals surface area contributed by atoms with Gasteiger partial charge in [-0.3, -0.25) is 14.6 Å². The molecule has 2 aromatic carbocycles. The number of rotatable bonds is 6. The second kappa shape index (κ2) is 8.20. The van der Waals surface area contributed by atoms with Crippen LogP contribution in [0.4, 0.5) is 5.82 Å². The molecule has 1 amide bonds. The van der Waals surface area contributed by atoms with E-state index in [1.54, 1.807) is 19.2 Å². The van der Waals surface area contributed by atoms with Crippen LogP contribution in [0.1, 0.15) is 24.8 Å². The number of nitrogens with zero attached hydrogens (tertiary/aromatic N) is 3. The maximum absolute atomic E-state index is 12.9. The second-order valence-corrected chi connectivity index (χ2v) is 6.78. The Kier molecular flexibility index (Phi) is 5.30. The summed E-state index contributed by atoms with van der Waals surface area (Å²) in [4.78, 5) is 32.1. The van der Waals surface area contributed by atoms with Gasteiger partial charge in [0.25, 0.3) is 5.56 Å². The van der Waals surface area contributed by atoms with Crippen LogP contribution in [-0.4, -0.2) is 32.6 Å². The number of benzene rings is 2. The fourth-order valence-electron chi connectivity index (χ4n) is 3.32. The molecule has 0 aliphatic carbocycles. The van der Waals surface area contributed by atoms with Crippen LogP contribution in [0.15, 0.2) is 65.5 Å². The average molecular weight is 403 g/mol. The summed E-state index contributed by atoms with van der Waals surface area (Å²) in [6.45, 7) is 1.95. The third-order valence-electron chi connectivity index (χ3n) is 4.86. The molecular weight excluding hydrogens is 382 g/mol. The molecule has 0 radical (unpaired) electrons. The quantitative estimate of drug-likeness (QED) is 0.515. The highest BCUT2D eigenvalue weighted by molar-refractivity contribution is 5.95. The number of nitrogens with one attached hydrogen (secondary N) is 2. The van der Waals surface area contributed by atoms with Crippen LogP contribution in [0.2, 0.25) is 0 Å². The maximum Gasteiger partial charge on any atom is 0.254 e. The molecular formula is C22H21N5O3. The lowest BCUT2D eigenvalue weighted by Crippen LogP contribution is -2.24. The van der Waals surface area contributed by atoms with Crippen molar-refractivity contribution in [2.45, 2.75) is 19.3 Å². The number of methoxy groups -OCH3 is 1. The first-order valence-corrected chi connectivity index (χ1v) is 9.59. The van der Waals surface area contributed by atoms with Crippen molar-refractivity contribution in [3.8, 4) is 17.1 Å². The van der Waals surface area contributed by atoms with Crippen molar-refractivity contribution in [1.82, 2.24) is 19.6 Å². The molecule has 2 heterocycles. The Morgan fingerprint density at radius 1 is 1.17 bits per heavy atom. The van der Waals surface area contributed by atoms with Gasteiger partial charge in [0.2, 0.25) is 11.7 Å². The van der Waals surface area contributed by atoms with E-state index in [1.807, 2.05) is 49.4 Å². The summed E-state index contributed by atoms with van der Waals surface area (Å²) in [5.74, 6) is 1.10. The summed E-state index contributed by atoms with van der Waals surface area (Å²) in [6, 6.07) is 18.1. The van der Waals surface area contributed by atoms with Gasteiger partial charge in [-0.1, -0.05) is 37.3 Å². The monoisotopic (exact) mass is 403 g/mol. The molecule has 0 spiro atoms. The zero-order valence-electron chi connectivity index (χ0n) is 16.6. The number of H-pyrrole nitrogens is 1. The minimum Gasteiger partial charge on any atom is -0.497 e. The number of carbonyl (C=O) groups excluding carboxylic acids is 1. The molecule has 0 fully saturated rings. The van der Waals surface area contributed by atoms with Crippen molar-refractivity contribution >= 4 is 17.5 Å². The van der Waals surface area contributed by atoms with E-state index in [-0.39, 0.29) is 29.0 Å². The van der Waals surface area contributed by atoms with E-state index in [9.17, 15) is 9.59 Å². The molecule has 2 aromatic heterocycles. The zero-order chi connectivity index (χ0) is 21.1. The molecule has 1 unspecified atom stereocenters. The molecule has 8 heteroatoms. The standard InChI is InChI=1S/C22H21N5O3/c1-3-17(14-7-5-4-6-8-14)21(29)23-18-13-19(28)24-22-25-20(26-27(18)22)15-9-11-16(30-2)12-10-15/h4-13,17H,3H2,1-2H3,(H,23,29)(H,24,25,26,28). The Morgan fingerprint density at radius 2 is 1.90 bits per heavy atom. The highest BCUT2D eigenvalue weighted by Gasteiger charge is 2.20. The first-order valence-electron chi connectivity index (χ1n) is 9.59. The summed E-state index contributed by atoms with van der Waals surface area (Å²) in [5, 5.41) is 7.31. The molecule has 8 nitrogen and oxygen atoms in total. The van der Waals surface area contributed by atoms with Crippen molar-refractivity contribution in [3.63, 3.8) is 0 Å². The second-order valence-electron chi connectivity index (χ2n) is 6.78. The van der Waals surface area contributed by atoms with E-state index < -0.39 is 0 Å². The highest BCUT2D eigenvalue weighted by Crippen LogP contribution is 2.23. The molecule has 0 bridgehead atoms. The molecule has 0 aliphatic rings. The van der Waals surface area contributed by atoms with Crippen LogP contribution >= 0.6 is 0 Å². The van der Waals surface area contributed by atoms with Gasteiger partial charge >= 0.3 is 0 Å². The van der Waals surface area contributed by atoms with Crippen LogP contribution in [0, 0.1) is 0 Å². The fraction of sp³-hybridized carbons (Fsp3) is 0.182. The van der Waals surface area contributed by atoms with E-state index in [2.05, 4.69) is 20.4 Å². The number of aromatic nitrogens is 4. The summed E-state index contributed by atoms with van der Waals surface area (Å²) in [7, 11) is 1.59. The minimum absolute atomic E-state index is 0.211. The topological polar surface area (TPSA) is 101 Å². The zero-order valence-corrected chi connectivity index (χ0v) is 16.6. The van der Waals surface area contributed by atoms with E-state index in [0.717, 1.165) is 16.9 Å². The van der Waals surface area contributed by atoms with Gasteiger partial charge in [0, 0.05) is 11.6 Å². The van der Waals surface area contributed by atoms with Gasteiger partial charge in [-0.15, -0.1) is 5.10 Å². The maximum atomic E-state index is 12.9. The van der Waals surface area contributed by atoms with Gasteiger partial charge in [-0.05, 0) is 36.2 Å². The Hall–Kier alpha value is -3.94. The van der Waals surface area contributed by atoms with Crippen LogP contribution in [-0.2, 0) is 4.79 Å². The van der Waals surface area contributed by atoms with Crippen molar-refractivity contribution < 1.29 is 9.53 Å². The predicted molar refractivity (Wildman–Crippen MR) is 114 cm³/mol. The van der Waals surface area contributed by atoms with Crippen LogP contribution in [0.5, 0.6) is 5.75 Å². The van der Waals surface area contributed by atoms with Crippen molar-refractivity contribution in [1.29, 1.82) is 0 Å². The molecule has 4 aromatic rings. The third-order valence-corrected chi connectivity index (χ3v) is 4.86. The minimum atomic E-state index is -0.376. The van der Waals surface area contributed by atoms with Gasteiger partial charge in [-0.2, -0.15) is 9.50 Å². The molecule has 30 heavy (non-hydrogen) atoms. The van der Waals surface area contributed by atoms with Gasteiger partial charge in [0.1, 0.15) is 11.6 Å². The highest BCUT2D eigenvalue weighted by atomic mass is 16.5. The third kappa shape index (κ3) is 3.80. The molecule has 152 valence electrons. The number of amides is 1. The summed E-state index contributed by atoms with van der Waals surface area (Å²) in [6.07, 6.45) is 0.622. The van der Waals surface area contributed by atoms with Gasteiger partial charge < -0.3 is 10.1 Å². The van der Waals surface area contributed by atoms with E-state index >= 15 is 0 Å². The number of ether oxygens (including phenoxy) is 1. The molecule has 0 aliphatic heterocycles. The lowest BCUT2D eigenvalue weighted by Gasteiger charge is -2.15. The first-order chi connectivity index (χ1) is 14.6. The van der Waals surface area contributed by atoms with Gasteiger partial charge in [0.05, 0.1) is 13.0 Å². The van der Waals surface area contributed by atoms with E-state index in [1.165, 1.54) is 10.6 Å². The molecule has 2 N–H and O–H groups in total. The molecule has 0 saturated carbocycles. The number of anilines is 1. The normalized spacial score (nSPS) is 11.9. The fourth-order valence-corrected chi connectivity index (χ4v) is 3.32. The van der Waals surface area contributed by atoms with Crippen molar-refractivity contribution in [2.24, 2.45) is 0 Å². The van der Waals surface area contributed by atoms with Crippen molar-refractivity contribution in [2.75, 3.05) is 12.4 Å². The van der Waals surface area contributed by atoms with E-state index in [4.69, 9.17) is 4.74 Å². The molecule has 1 atom stereocenters. The summed E-state index contributed by atoms with van der Waals surface area (Å²) >= 11 is 0. The lowest BCUT2D eigenvalue weighted by atomic mass is 9.96. The van der Waals surface area contributed by atoms with Crippen LogP contribution < -0.4 is 15.6 Å². The number of hydrogen-bond acceptors (Lipinski definition) is 5. The first kappa shape index (κ1) is 19.4. The SMILES string of the molecule is CCC(C(=O)Nc1cc(=O)[nH]c2nc(-c3ccc(OC)cc3)nn12)c1ccccc1. The van der Waals surface area contributed by atoms with Crippen molar-refractivity contribution in [3.05, 3.63) is 76.6 Å². The smallest absolute Gasteiger partial charge is 0.254 e. The number of carbonyl (C=O) groups is 1. The predicted octanol–water partition coefficient (Wildman–Crippen LogP) is 3.23. The Balaban J connectivity index is 1.69. The van der Waals surface area contributed by atoms with E-state index in [0.29, 0.717) is 12.2 Å². The summed E-state index contributed by atoms with van der Waals surface area (Å²) in [5.41, 5.74) is 1.30. The number of hydrogen-bond donors (Lipinski definition) is 2. The van der Waals surface area contributed by atoms with Gasteiger partial charge in [-0.25, -0.2) is 0 Å². The largest absolute Gasteiger partial charge is 0.497 e. The average Bonchev–Trinajstić information content (AvgIpc) is 3.19. The molecule has 4 rings (SSSR count). The Bertz CT molecular complexity index is 1230. The lowest BCUT2D eigenvalue weighted by molar-refractivity contribution is -0.117. The Labute approximate surface area is 172 Å². The van der Waals surface area contributed by atoms with Gasteiger partial charge in [0.15, 0.2) is 5.82 Å².